The molecule has 2 aromatic carbocycles. The Morgan fingerprint density at radius 2 is 1.52 bits per heavy atom. The molecule has 0 unspecified atom stereocenters. The second kappa shape index (κ2) is 9.54. The van der Waals surface area contributed by atoms with E-state index >= 15 is 0 Å². The fraction of sp³-hybridized carbons (Fsp3) is 0.217. The van der Waals surface area contributed by atoms with Crippen molar-refractivity contribution in [1.82, 2.24) is 4.90 Å². The second-order valence-corrected chi connectivity index (χ2v) is 7.40. The van der Waals surface area contributed by atoms with Gasteiger partial charge in [0.05, 0.1) is 5.02 Å². The minimum absolute atomic E-state index is 0.152. The van der Waals surface area contributed by atoms with Crippen molar-refractivity contribution in [2.24, 2.45) is 0 Å². The first-order valence-electron chi connectivity index (χ1n) is 9.39. The second-order valence-electron chi connectivity index (χ2n) is 6.99. The van der Waals surface area contributed by atoms with Crippen molar-refractivity contribution >= 4 is 41.2 Å². The first-order chi connectivity index (χ1) is 13.9. The third-order valence-corrected chi connectivity index (χ3v) is 5.20. The van der Waals surface area contributed by atoms with Crippen LogP contribution in [0.5, 0.6) is 0 Å². The molecule has 3 rings (SSSR count). The fourth-order valence-corrected chi connectivity index (χ4v) is 3.32. The van der Waals surface area contributed by atoms with E-state index in [1.807, 2.05) is 24.3 Å². The topological polar surface area (TPSA) is 60.9 Å². The number of aliphatic carboxylic acids is 1. The van der Waals surface area contributed by atoms with Crippen molar-refractivity contribution in [3.05, 3.63) is 76.3 Å². The summed E-state index contributed by atoms with van der Waals surface area (Å²) in [6, 6.07) is 12.8. The minimum atomic E-state index is -0.991. The summed E-state index contributed by atoms with van der Waals surface area (Å²) in [5.41, 5.74) is 3.12. The fourth-order valence-electron chi connectivity index (χ4n) is 3.11. The van der Waals surface area contributed by atoms with Crippen LogP contribution in [0.25, 0.3) is 12.2 Å². The molecule has 0 bridgehead atoms. The van der Waals surface area contributed by atoms with Crippen LogP contribution in [0, 0.1) is 0 Å². The van der Waals surface area contributed by atoms with Crippen LogP contribution in [0.3, 0.4) is 0 Å². The molecule has 0 saturated carbocycles. The van der Waals surface area contributed by atoms with Crippen molar-refractivity contribution in [3.8, 4) is 0 Å². The van der Waals surface area contributed by atoms with Gasteiger partial charge in [-0.1, -0.05) is 41.9 Å². The van der Waals surface area contributed by atoms with E-state index < -0.39 is 5.97 Å². The number of allylic oxidation sites excluding steroid dienone is 1. The number of piperazine rings is 1. The standard InChI is InChI=1S/C23H23ClN2O3/c1-25-12-14-26(15-13-25)19-8-9-21(24)20(16-19)22(27)10-6-17-2-4-18(5-3-17)7-11-23(28)29/h2-11,16H,12-15H2,1H3,(H,28,29). The molecule has 0 aliphatic carbocycles. The number of rotatable bonds is 6. The minimum Gasteiger partial charge on any atom is -0.478 e. The molecule has 29 heavy (non-hydrogen) atoms. The van der Waals surface area contributed by atoms with E-state index in [4.69, 9.17) is 16.7 Å². The molecule has 2 aromatic rings. The van der Waals surface area contributed by atoms with E-state index in [-0.39, 0.29) is 5.78 Å². The summed E-state index contributed by atoms with van der Waals surface area (Å²) in [6.45, 7) is 3.82. The Balaban J connectivity index is 1.71. The number of anilines is 1. The van der Waals surface area contributed by atoms with Crippen molar-refractivity contribution in [3.63, 3.8) is 0 Å². The Hall–Kier alpha value is -2.89. The van der Waals surface area contributed by atoms with E-state index in [0.29, 0.717) is 10.6 Å². The summed E-state index contributed by atoms with van der Waals surface area (Å²) >= 11 is 6.28. The molecule has 0 aromatic heterocycles. The maximum atomic E-state index is 12.7. The number of nitrogens with zero attached hydrogens (tertiary/aromatic N) is 2. The molecule has 1 saturated heterocycles. The summed E-state index contributed by atoms with van der Waals surface area (Å²) in [5, 5.41) is 9.11. The normalized spacial score (nSPS) is 15.3. The number of carbonyl (C=O) groups excluding carboxylic acids is 1. The number of likely N-dealkylation sites (N-methyl/N-ethyl adjacent to an activating group) is 1. The zero-order valence-electron chi connectivity index (χ0n) is 16.2. The van der Waals surface area contributed by atoms with E-state index in [9.17, 15) is 9.59 Å². The highest BCUT2D eigenvalue weighted by molar-refractivity contribution is 6.34. The molecule has 1 aliphatic rings. The molecule has 0 radical (unpaired) electrons. The average Bonchev–Trinajstić information content (AvgIpc) is 2.72. The lowest BCUT2D eigenvalue weighted by Gasteiger charge is -2.34. The van der Waals surface area contributed by atoms with Crippen LogP contribution in [0.4, 0.5) is 5.69 Å². The quantitative estimate of drug-likeness (QED) is 0.574. The van der Waals surface area contributed by atoms with Crippen LogP contribution in [-0.4, -0.2) is 55.0 Å². The van der Waals surface area contributed by atoms with Gasteiger partial charge in [0.25, 0.3) is 0 Å². The average molecular weight is 411 g/mol. The highest BCUT2D eigenvalue weighted by atomic mass is 35.5. The van der Waals surface area contributed by atoms with Crippen molar-refractivity contribution in [2.45, 2.75) is 0 Å². The number of hydrogen-bond donors (Lipinski definition) is 1. The summed E-state index contributed by atoms with van der Waals surface area (Å²) in [5.74, 6) is -1.14. The lowest BCUT2D eigenvalue weighted by atomic mass is 10.1. The third kappa shape index (κ3) is 5.79. The molecular weight excluding hydrogens is 388 g/mol. The summed E-state index contributed by atoms with van der Waals surface area (Å²) in [4.78, 5) is 27.8. The predicted molar refractivity (Wildman–Crippen MR) is 118 cm³/mol. The van der Waals surface area contributed by atoms with Gasteiger partial charge >= 0.3 is 5.97 Å². The first-order valence-corrected chi connectivity index (χ1v) is 9.77. The molecule has 1 aliphatic heterocycles. The number of benzene rings is 2. The van der Waals surface area contributed by atoms with Gasteiger partial charge in [-0.15, -0.1) is 0 Å². The van der Waals surface area contributed by atoms with E-state index in [2.05, 4.69) is 16.8 Å². The maximum Gasteiger partial charge on any atom is 0.328 e. The van der Waals surface area contributed by atoms with Gasteiger partial charge in [0.2, 0.25) is 0 Å². The van der Waals surface area contributed by atoms with Crippen molar-refractivity contribution < 1.29 is 14.7 Å². The summed E-state index contributed by atoms with van der Waals surface area (Å²) < 4.78 is 0. The molecule has 1 N–H and O–H groups in total. The van der Waals surface area contributed by atoms with Crippen LogP contribution < -0.4 is 4.90 Å². The Kier molecular flexibility index (Phi) is 6.86. The Labute approximate surface area is 175 Å². The largest absolute Gasteiger partial charge is 0.478 e. The SMILES string of the molecule is CN1CCN(c2ccc(Cl)c(C(=O)C=Cc3ccc(C=CC(=O)O)cc3)c2)CC1. The molecule has 1 fully saturated rings. The van der Waals surface area contributed by atoms with Gasteiger partial charge in [0.1, 0.15) is 0 Å². The van der Waals surface area contributed by atoms with Gasteiger partial charge in [-0.3, -0.25) is 4.79 Å². The number of ketones is 1. The highest BCUT2D eigenvalue weighted by Gasteiger charge is 2.16. The van der Waals surface area contributed by atoms with Crippen LogP contribution >= 0.6 is 11.6 Å². The number of carboxylic acids is 1. The maximum absolute atomic E-state index is 12.7. The Bertz CT molecular complexity index is 943. The zero-order valence-corrected chi connectivity index (χ0v) is 17.0. The smallest absolute Gasteiger partial charge is 0.328 e. The van der Waals surface area contributed by atoms with Gasteiger partial charge in [-0.2, -0.15) is 0 Å². The molecule has 1 heterocycles. The van der Waals surface area contributed by atoms with Crippen molar-refractivity contribution in [1.29, 1.82) is 0 Å². The van der Waals surface area contributed by atoms with Crippen LogP contribution in [-0.2, 0) is 4.79 Å². The van der Waals surface area contributed by atoms with E-state index in [0.717, 1.165) is 49.1 Å². The summed E-state index contributed by atoms with van der Waals surface area (Å²) in [7, 11) is 2.11. The Morgan fingerprint density at radius 1 is 0.931 bits per heavy atom. The molecule has 6 heteroatoms. The predicted octanol–water partition coefficient (Wildman–Crippen LogP) is 4.09. The Morgan fingerprint density at radius 3 is 2.10 bits per heavy atom. The van der Waals surface area contributed by atoms with Crippen LogP contribution in [0.2, 0.25) is 5.02 Å². The molecule has 5 nitrogen and oxygen atoms in total. The van der Waals surface area contributed by atoms with E-state index in [1.165, 1.54) is 12.2 Å². The number of hydrogen-bond acceptors (Lipinski definition) is 4. The molecule has 0 amide bonds. The van der Waals surface area contributed by atoms with Gasteiger partial charge < -0.3 is 14.9 Å². The number of carbonyl (C=O) groups is 2. The van der Waals surface area contributed by atoms with Gasteiger partial charge in [0.15, 0.2) is 5.78 Å². The van der Waals surface area contributed by atoms with Gasteiger partial charge in [-0.05, 0) is 48.5 Å². The summed E-state index contributed by atoms with van der Waals surface area (Å²) in [6.07, 6.45) is 5.84. The van der Waals surface area contributed by atoms with Crippen LogP contribution in [0.15, 0.2) is 54.6 Å². The first kappa shape index (κ1) is 20.8. The van der Waals surface area contributed by atoms with Gasteiger partial charge in [-0.25, -0.2) is 4.79 Å². The van der Waals surface area contributed by atoms with Gasteiger partial charge in [0, 0.05) is 43.5 Å². The van der Waals surface area contributed by atoms with Crippen molar-refractivity contribution in [2.75, 3.05) is 38.1 Å². The molecule has 0 spiro atoms. The molecule has 0 atom stereocenters. The monoisotopic (exact) mass is 410 g/mol. The third-order valence-electron chi connectivity index (χ3n) is 4.87. The van der Waals surface area contributed by atoms with E-state index in [1.54, 1.807) is 24.3 Å². The lowest BCUT2D eigenvalue weighted by molar-refractivity contribution is -0.131. The zero-order chi connectivity index (χ0) is 20.8. The number of carboxylic acid groups (broad SMARTS) is 1. The lowest BCUT2D eigenvalue weighted by Crippen LogP contribution is -2.44. The molecular formula is C23H23ClN2O3. The highest BCUT2D eigenvalue weighted by Crippen LogP contribution is 2.25. The number of halogens is 1. The molecule has 150 valence electrons. The van der Waals surface area contributed by atoms with Crippen LogP contribution in [0.1, 0.15) is 21.5 Å².